The van der Waals surface area contributed by atoms with Crippen molar-refractivity contribution in [1.82, 2.24) is 5.32 Å². The van der Waals surface area contributed by atoms with Gasteiger partial charge in [0.25, 0.3) is 5.91 Å². The molecule has 1 aliphatic rings. The summed E-state index contributed by atoms with van der Waals surface area (Å²) in [6.07, 6.45) is 3.60. The van der Waals surface area contributed by atoms with E-state index in [-0.39, 0.29) is 42.1 Å². The molecule has 36 heavy (non-hydrogen) atoms. The summed E-state index contributed by atoms with van der Waals surface area (Å²) in [7, 11) is 0. The van der Waals surface area contributed by atoms with Gasteiger partial charge in [0.2, 0.25) is 0 Å². The van der Waals surface area contributed by atoms with Crippen LogP contribution in [0.1, 0.15) is 65.7 Å². The van der Waals surface area contributed by atoms with Crippen LogP contribution in [0.15, 0.2) is 60.7 Å². The van der Waals surface area contributed by atoms with Gasteiger partial charge in [0, 0.05) is 31.0 Å². The van der Waals surface area contributed by atoms with E-state index in [2.05, 4.69) is 5.32 Å². The van der Waals surface area contributed by atoms with Crippen LogP contribution in [-0.2, 0) is 4.79 Å². The molecule has 4 rings (SSSR count). The predicted octanol–water partition coefficient (Wildman–Crippen LogP) is 5.78. The van der Waals surface area contributed by atoms with Crippen molar-refractivity contribution in [3.05, 3.63) is 77.6 Å². The first-order chi connectivity index (χ1) is 17.4. The maximum atomic E-state index is 14.6. The molecule has 3 aromatic carbocycles. The van der Waals surface area contributed by atoms with Gasteiger partial charge in [-0.05, 0) is 73.1 Å². The summed E-state index contributed by atoms with van der Waals surface area (Å²) < 4.78 is 20.5. The average Bonchev–Trinajstić information content (AvgIpc) is 2.87. The summed E-state index contributed by atoms with van der Waals surface area (Å²) >= 11 is 0. The van der Waals surface area contributed by atoms with Gasteiger partial charge in [-0.2, -0.15) is 0 Å². The fourth-order valence-corrected chi connectivity index (χ4v) is 4.71. The van der Waals surface area contributed by atoms with Crippen LogP contribution in [0.2, 0.25) is 0 Å². The highest BCUT2D eigenvalue weighted by Gasteiger charge is 2.24. The minimum atomic E-state index is -0.783. The molecule has 0 aliphatic heterocycles. The van der Waals surface area contributed by atoms with Crippen molar-refractivity contribution in [3.8, 4) is 5.75 Å². The summed E-state index contributed by atoms with van der Waals surface area (Å²) in [5.74, 6) is -1.41. The molecule has 0 bridgehead atoms. The molecule has 1 aliphatic carbocycles. The van der Waals surface area contributed by atoms with Gasteiger partial charge in [-0.1, -0.05) is 30.3 Å². The number of carbonyl (C=O) groups is 3. The van der Waals surface area contributed by atoms with Gasteiger partial charge in [0.1, 0.15) is 11.6 Å². The van der Waals surface area contributed by atoms with Crippen LogP contribution in [0.25, 0.3) is 10.8 Å². The molecule has 1 fully saturated rings. The van der Waals surface area contributed by atoms with Gasteiger partial charge in [-0.3, -0.25) is 14.4 Å². The van der Waals surface area contributed by atoms with Crippen LogP contribution in [0.5, 0.6) is 5.75 Å². The van der Waals surface area contributed by atoms with Crippen molar-refractivity contribution in [2.75, 3.05) is 6.54 Å². The first-order valence-electron chi connectivity index (χ1n) is 12.4. The Hall–Kier alpha value is -3.74. The number of Topliss-reactive ketones (excluding diaryl/α,β-unsaturated/α-hetero) is 1. The molecular formula is C29H30FNO5. The van der Waals surface area contributed by atoms with Crippen LogP contribution in [0, 0.1) is 11.7 Å². The fraction of sp³-hybridized carbons (Fsp3) is 0.345. The third kappa shape index (κ3) is 6.68. The van der Waals surface area contributed by atoms with Crippen LogP contribution < -0.4 is 10.1 Å². The van der Waals surface area contributed by atoms with E-state index in [0.717, 1.165) is 36.5 Å². The lowest BCUT2D eigenvalue weighted by atomic mass is 9.85. The molecule has 0 heterocycles. The fourth-order valence-electron chi connectivity index (χ4n) is 4.71. The predicted molar refractivity (Wildman–Crippen MR) is 135 cm³/mol. The van der Waals surface area contributed by atoms with E-state index in [1.165, 1.54) is 12.1 Å². The molecule has 1 amide bonds. The number of hydrogen-bond donors (Lipinski definition) is 2. The van der Waals surface area contributed by atoms with Crippen molar-refractivity contribution in [1.29, 1.82) is 0 Å². The van der Waals surface area contributed by atoms with Crippen molar-refractivity contribution in [3.63, 3.8) is 0 Å². The molecule has 0 unspecified atom stereocenters. The Kier molecular flexibility index (Phi) is 8.31. The van der Waals surface area contributed by atoms with E-state index >= 15 is 0 Å². The second-order valence-electron chi connectivity index (χ2n) is 9.34. The van der Waals surface area contributed by atoms with Crippen molar-refractivity contribution in [2.24, 2.45) is 5.92 Å². The third-order valence-corrected chi connectivity index (χ3v) is 6.68. The SMILES string of the molecule is O=C(O)CC1CCC(Oc2ccc(C(=O)CCCNC(=O)c3ccc4ccccc4c3)c(F)c2)CC1. The summed E-state index contributed by atoms with van der Waals surface area (Å²) in [6.45, 7) is 0.310. The molecule has 0 saturated heterocycles. The third-order valence-electron chi connectivity index (χ3n) is 6.68. The van der Waals surface area contributed by atoms with E-state index in [0.29, 0.717) is 24.3 Å². The van der Waals surface area contributed by atoms with Crippen molar-refractivity contribution in [2.45, 2.75) is 51.0 Å². The first-order valence-corrected chi connectivity index (χ1v) is 12.4. The van der Waals surface area contributed by atoms with Gasteiger partial charge in [-0.15, -0.1) is 0 Å². The Balaban J connectivity index is 1.22. The second kappa shape index (κ2) is 11.8. The lowest BCUT2D eigenvalue weighted by molar-refractivity contribution is -0.138. The maximum Gasteiger partial charge on any atom is 0.303 e. The topological polar surface area (TPSA) is 92.7 Å². The monoisotopic (exact) mass is 491 g/mol. The van der Waals surface area contributed by atoms with Crippen LogP contribution >= 0.6 is 0 Å². The number of carboxylic acids is 1. The van der Waals surface area contributed by atoms with Crippen LogP contribution in [0.4, 0.5) is 4.39 Å². The van der Waals surface area contributed by atoms with Gasteiger partial charge in [-0.25, -0.2) is 4.39 Å². The van der Waals surface area contributed by atoms with E-state index in [4.69, 9.17) is 9.84 Å². The lowest BCUT2D eigenvalue weighted by Gasteiger charge is -2.28. The van der Waals surface area contributed by atoms with Crippen molar-refractivity contribution < 1.29 is 28.6 Å². The van der Waals surface area contributed by atoms with Gasteiger partial charge >= 0.3 is 5.97 Å². The lowest BCUT2D eigenvalue weighted by Crippen LogP contribution is -2.25. The van der Waals surface area contributed by atoms with Crippen LogP contribution in [0.3, 0.4) is 0 Å². The Bertz CT molecular complexity index is 1250. The molecule has 0 aromatic heterocycles. The van der Waals surface area contributed by atoms with Gasteiger partial charge in [0.05, 0.1) is 11.7 Å². The maximum absolute atomic E-state index is 14.6. The number of aliphatic carboxylic acids is 1. The molecule has 2 N–H and O–H groups in total. The normalized spacial score (nSPS) is 17.5. The minimum absolute atomic E-state index is 0.00775. The number of halogens is 1. The van der Waals surface area contributed by atoms with E-state index in [1.807, 2.05) is 36.4 Å². The summed E-state index contributed by atoms with van der Waals surface area (Å²) in [5.41, 5.74) is 0.561. The van der Waals surface area contributed by atoms with E-state index in [9.17, 15) is 18.8 Å². The zero-order chi connectivity index (χ0) is 25.5. The Morgan fingerprint density at radius 2 is 1.69 bits per heavy atom. The molecule has 7 heteroatoms. The van der Waals surface area contributed by atoms with Gasteiger partial charge in [0.15, 0.2) is 5.78 Å². The Labute approximate surface area is 209 Å². The number of ketones is 1. The number of amides is 1. The van der Waals surface area contributed by atoms with E-state index in [1.54, 1.807) is 12.1 Å². The van der Waals surface area contributed by atoms with Gasteiger partial charge < -0.3 is 15.2 Å². The average molecular weight is 492 g/mol. The number of carboxylic acid groups (broad SMARTS) is 1. The minimum Gasteiger partial charge on any atom is -0.490 e. The smallest absolute Gasteiger partial charge is 0.303 e. The zero-order valence-corrected chi connectivity index (χ0v) is 20.0. The number of nitrogens with one attached hydrogen (secondary N) is 1. The first kappa shape index (κ1) is 25.4. The quantitative estimate of drug-likeness (QED) is 0.277. The van der Waals surface area contributed by atoms with Crippen molar-refractivity contribution >= 4 is 28.4 Å². The highest BCUT2D eigenvalue weighted by atomic mass is 19.1. The molecule has 0 radical (unpaired) electrons. The number of rotatable bonds is 10. The van der Waals surface area contributed by atoms with E-state index < -0.39 is 11.8 Å². The summed E-state index contributed by atoms with van der Waals surface area (Å²) in [6, 6.07) is 17.6. The molecule has 3 aromatic rings. The molecule has 0 atom stereocenters. The standard InChI is InChI=1S/C29H30FNO5/c30-26-18-24(36-23-11-7-19(8-12-23)16-28(33)34)13-14-25(26)27(32)6-3-15-31-29(35)22-10-9-20-4-1-2-5-21(20)17-22/h1-2,4-5,9-10,13-14,17-19,23H,3,6-8,11-12,15-16H2,(H,31,35)(H,33,34). The molecule has 6 nitrogen and oxygen atoms in total. The number of fused-ring (bicyclic) bond motifs is 1. The Morgan fingerprint density at radius 1 is 0.944 bits per heavy atom. The molecule has 0 spiro atoms. The molecular weight excluding hydrogens is 461 g/mol. The highest BCUT2D eigenvalue weighted by molar-refractivity contribution is 5.99. The number of hydrogen-bond acceptors (Lipinski definition) is 4. The summed E-state index contributed by atoms with van der Waals surface area (Å²) in [5, 5.41) is 13.8. The Morgan fingerprint density at radius 3 is 2.42 bits per heavy atom. The highest BCUT2D eigenvalue weighted by Crippen LogP contribution is 2.30. The second-order valence-corrected chi connectivity index (χ2v) is 9.34. The molecule has 1 saturated carbocycles. The van der Waals surface area contributed by atoms with Crippen LogP contribution in [-0.4, -0.2) is 35.4 Å². The number of benzene rings is 3. The number of ether oxygens (including phenoxy) is 1. The number of carbonyl (C=O) groups excluding carboxylic acids is 2. The zero-order valence-electron chi connectivity index (χ0n) is 20.0. The summed E-state index contributed by atoms with van der Waals surface area (Å²) in [4.78, 5) is 35.8. The largest absolute Gasteiger partial charge is 0.490 e. The molecule has 188 valence electrons.